The molecule has 1 amide bonds. The van der Waals surface area contributed by atoms with Crippen LogP contribution in [0.15, 0.2) is 66.7 Å². The highest BCUT2D eigenvalue weighted by molar-refractivity contribution is 7.92. The van der Waals surface area contributed by atoms with Crippen molar-refractivity contribution in [2.75, 3.05) is 23.7 Å². The van der Waals surface area contributed by atoms with Crippen LogP contribution in [0.4, 0.5) is 5.69 Å². The fourth-order valence-corrected chi connectivity index (χ4v) is 4.49. The fraction of sp³-hybridized carbons (Fsp3) is 0.261. The smallest absolute Gasteiger partial charge is 0.243 e. The molecule has 0 fully saturated rings. The maximum atomic E-state index is 12.6. The molecule has 0 saturated heterocycles. The molecule has 0 heterocycles. The molecule has 0 aliphatic rings. The van der Waals surface area contributed by atoms with E-state index in [-0.39, 0.29) is 19.1 Å². The SMILES string of the molecule is Cc1cccc(N([C@@H](C)C(=O)NCCOc2ccc3ccccc3c2)S(C)(=O)=O)c1. The molecule has 0 saturated carbocycles. The molecule has 3 aromatic carbocycles. The van der Waals surface area contributed by atoms with E-state index in [1.54, 1.807) is 25.1 Å². The van der Waals surface area contributed by atoms with E-state index in [1.165, 1.54) is 0 Å². The summed E-state index contributed by atoms with van der Waals surface area (Å²) in [6.45, 7) is 3.99. The van der Waals surface area contributed by atoms with Crippen molar-refractivity contribution in [1.82, 2.24) is 5.32 Å². The van der Waals surface area contributed by atoms with Gasteiger partial charge in [-0.25, -0.2) is 8.42 Å². The predicted octanol–water partition coefficient (Wildman–Crippen LogP) is 3.50. The number of nitrogens with one attached hydrogen (secondary N) is 1. The monoisotopic (exact) mass is 426 g/mol. The molecule has 0 aliphatic heterocycles. The van der Waals surface area contributed by atoms with E-state index < -0.39 is 16.1 Å². The molecule has 0 unspecified atom stereocenters. The minimum Gasteiger partial charge on any atom is -0.492 e. The summed E-state index contributed by atoms with van der Waals surface area (Å²) in [5.41, 5.74) is 1.38. The normalized spacial score (nSPS) is 12.4. The Kier molecular flexibility index (Phi) is 6.62. The van der Waals surface area contributed by atoms with Crippen LogP contribution < -0.4 is 14.4 Å². The summed E-state index contributed by atoms with van der Waals surface area (Å²) in [5.74, 6) is 0.331. The molecule has 3 rings (SSSR count). The maximum absolute atomic E-state index is 12.6. The molecule has 0 spiro atoms. The molecular formula is C23H26N2O4S. The van der Waals surface area contributed by atoms with Crippen LogP contribution in [-0.2, 0) is 14.8 Å². The largest absolute Gasteiger partial charge is 0.492 e. The molecule has 0 radical (unpaired) electrons. The lowest BCUT2D eigenvalue weighted by Crippen LogP contribution is -2.48. The summed E-state index contributed by atoms with van der Waals surface area (Å²) in [7, 11) is -3.63. The lowest BCUT2D eigenvalue weighted by atomic mass is 10.1. The Morgan fingerprint density at radius 2 is 1.77 bits per heavy atom. The zero-order chi connectivity index (χ0) is 21.7. The Morgan fingerprint density at radius 1 is 1.03 bits per heavy atom. The lowest BCUT2D eigenvalue weighted by Gasteiger charge is -2.28. The second-order valence-electron chi connectivity index (χ2n) is 7.22. The third kappa shape index (κ3) is 5.30. The molecule has 1 atom stereocenters. The van der Waals surface area contributed by atoms with Crippen LogP contribution in [0.2, 0.25) is 0 Å². The fourth-order valence-electron chi connectivity index (χ4n) is 3.32. The van der Waals surface area contributed by atoms with E-state index in [2.05, 4.69) is 5.32 Å². The second-order valence-corrected chi connectivity index (χ2v) is 9.08. The number of carbonyl (C=O) groups is 1. The lowest BCUT2D eigenvalue weighted by molar-refractivity contribution is -0.121. The van der Waals surface area contributed by atoms with Gasteiger partial charge in [-0.15, -0.1) is 0 Å². The summed E-state index contributed by atoms with van der Waals surface area (Å²) >= 11 is 0. The average Bonchev–Trinajstić information content (AvgIpc) is 2.70. The number of carbonyl (C=O) groups excluding carboxylic acids is 1. The molecule has 3 aromatic rings. The third-order valence-electron chi connectivity index (χ3n) is 4.74. The molecule has 6 nitrogen and oxygen atoms in total. The Bertz CT molecular complexity index is 1140. The van der Waals surface area contributed by atoms with E-state index in [9.17, 15) is 13.2 Å². The molecule has 30 heavy (non-hydrogen) atoms. The molecule has 0 aliphatic carbocycles. The number of benzene rings is 3. The second kappa shape index (κ2) is 9.17. The van der Waals surface area contributed by atoms with Crippen molar-refractivity contribution >= 4 is 32.4 Å². The van der Waals surface area contributed by atoms with Gasteiger partial charge in [0.15, 0.2) is 0 Å². The maximum Gasteiger partial charge on any atom is 0.243 e. The first-order valence-electron chi connectivity index (χ1n) is 9.71. The van der Waals surface area contributed by atoms with Crippen molar-refractivity contribution < 1.29 is 17.9 Å². The molecular weight excluding hydrogens is 400 g/mol. The first kappa shape index (κ1) is 21.6. The predicted molar refractivity (Wildman–Crippen MR) is 120 cm³/mol. The number of nitrogens with zero attached hydrogens (tertiary/aromatic N) is 1. The van der Waals surface area contributed by atoms with Gasteiger partial charge < -0.3 is 10.1 Å². The van der Waals surface area contributed by atoms with Crippen molar-refractivity contribution in [1.29, 1.82) is 0 Å². The van der Waals surface area contributed by atoms with Gasteiger partial charge >= 0.3 is 0 Å². The minimum atomic E-state index is -3.63. The number of sulfonamides is 1. The molecule has 0 aromatic heterocycles. The van der Waals surface area contributed by atoms with Crippen LogP contribution in [0.1, 0.15) is 12.5 Å². The summed E-state index contributed by atoms with van der Waals surface area (Å²) in [6, 6.07) is 20.0. The summed E-state index contributed by atoms with van der Waals surface area (Å²) in [5, 5.41) is 4.96. The van der Waals surface area contributed by atoms with E-state index >= 15 is 0 Å². The van der Waals surface area contributed by atoms with Crippen molar-refractivity contribution in [3.63, 3.8) is 0 Å². The standard InChI is InChI=1S/C23H26N2O4S/c1-17-7-6-10-21(15-17)25(30(3,27)28)18(2)23(26)24-13-14-29-22-12-11-19-8-4-5-9-20(19)16-22/h4-12,15-16,18H,13-14H2,1-3H3,(H,24,26)/t18-/m0/s1. The first-order chi connectivity index (χ1) is 14.3. The van der Waals surface area contributed by atoms with Gasteiger partial charge in [-0.3, -0.25) is 9.10 Å². The highest BCUT2D eigenvalue weighted by Crippen LogP contribution is 2.22. The highest BCUT2D eigenvalue weighted by atomic mass is 32.2. The third-order valence-corrected chi connectivity index (χ3v) is 5.98. The summed E-state index contributed by atoms with van der Waals surface area (Å²) in [4.78, 5) is 12.6. The first-order valence-corrected chi connectivity index (χ1v) is 11.6. The molecule has 7 heteroatoms. The topological polar surface area (TPSA) is 75.7 Å². The summed E-state index contributed by atoms with van der Waals surface area (Å²) in [6.07, 6.45) is 1.10. The number of fused-ring (bicyclic) bond motifs is 1. The molecule has 0 bridgehead atoms. The molecule has 1 N–H and O–H groups in total. The van der Waals surface area contributed by atoms with Crippen LogP contribution in [0.3, 0.4) is 0 Å². The van der Waals surface area contributed by atoms with Gasteiger partial charge in [0.1, 0.15) is 18.4 Å². The Morgan fingerprint density at radius 3 is 2.47 bits per heavy atom. The number of aryl methyl sites for hydroxylation is 1. The Labute approximate surface area is 177 Å². The van der Waals surface area contributed by atoms with Gasteiger partial charge in [-0.1, -0.05) is 42.5 Å². The van der Waals surface area contributed by atoms with Crippen LogP contribution >= 0.6 is 0 Å². The zero-order valence-corrected chi connectivity index (χ0v) is 18.1. The van der Waals surface area contributed by atoms with Gasteiger partial charge in [0.25, 0.3) is 0 Å². The van der Waals surface area contributed by atoms with Crippen molar-refractivity contribution in [2.24, 2.45) is 0 Å². The van der Waals surface area contributed by atoms with E-state index in [4.69, 9.17) is 4.74 Å². The van der Waals surface area contributed by atoms with Crippen molar-refractivity contribution in [2.45, 2.75) is 19.9 Å². The van der Waals surface area contributed by atoms with Gasteiger partial charge in [0.05, 0.1) is 18.5 Å². The van der Waals surface area contributed by atoms with E-state index in [1.807, 2.05) is 55.5 Å². The quantitative estimate of drug-likeness (QED) is 0.560. The van der Waals surface area contributed by atoms with Crippen LogP contribution in [0, 0.1) is 6.92 Å². The van der Waals surface area contributed by atoms with Crippen LogP contribution in [0.25, 0.3) is 10.8 Å². The van der Waals surface area contributed by atoms with Gasteiger partial charge in [0, 0.05) is 0 Å². The number of rotatable bonds is 8. The number of hydrogen-bond donors (Lipinski definition) is 1. The number of ether oxygens (including phenoxy) is 1. The Hall–Kier alpha value is -3.06. The van der Waals surface area contributed by atoms with E-state index in [0.717, 1.165) is 26.9 Å². The van der Waals surface area contributed by atoms with Crippen LogP contribution in [0.5, 0.6) is 5.75 Å². The van der Waals surface area contributed by atoms with Gasteiger partial charge in [-0.2, -0.15) is 0 Å². The minimum absolute atomic E-state index is 0.265. The number of amides is 1. The van der Waals surface area contributed by atoms with Gasteiger partial charge in [-0.05, 0) is 54.4 Å². The molecule has 158 valence electrons. The van der Waals surface area contributed by atoms with Crippen molar-refractivity contribution in [3.05, 3.63) is 72.3 Å². The van der Waals surface area contributed by atoms with Crippen molar-refractivity contribution in [3.8, 4) is 5.75 Å². The van der Waals surface area contributed by atoms with E-state index in [0.29, 0.717) is 11.4 Å². The van der Waals surface area contributed by atoms with Crippen LogP contribution in [-0.4, -0.2) is 39.8 Å². The zero-order valence-electron chi connectivity index (χ0n) is 17.3. The average molecular weight is 427 g/mol. The highest BCUT2D eigenvalue weighted by Gasteiger charge is 2.28. The number of hydrogen-bond acceptors (Lipinski definition) is 4. The Balaban J connectivity index is 1.59. The summed E-state index contributed by atoms with van der Waals surface area (Å²) < 4.78 is 31.5. The number of anilines is 1. The van der Waals surface area contributed by atoms with Gasteiger partial charge in [0.2, 0.25) is 15.9 Å².